The predicted molar refractivity (Wildman–Crippen MR) is 114 cm³/mol. The number of fused-ring (bicyclic) bond motifs is 1. The van der Waals surface area contributed by atoms with Gasteiger partial charge in [0, 0.05) is 18.8 Å². The van der Waals surface area contributed by atoms with Crippen LogP contribution in [-0.2, 0) is 6.42 Å². The van der Waals surface area contributed by atoms with Crippen LogP contribution in [-0.4, -0.2) is 39.3 Å². The summed E-state index contributed by atoms with van der Waals surface area (Å²) in [4.78, 5) is 6.77. The zero-order valence-electron chi connectivity index (χ0n) is 16.8. The summed E-state index contributed by atoms with van der Waals surface area (Å²) >= 11 is 0. The first-order valence-corrected chi connectivity index (χ1v) is 10.3. The fourth-order valence-electron chi connectivity index (χ4n) is 5.06. The van der Waals surface area contributed by atoms with Gasteiger partial charge in [-0.1, -0.05) is 12.1 Å². The van der Waals surface area contributed by atoms with Gasteiger partial charge in [-0.05, 0) is 86.4 Å². The van der Waals surface area contributed by atoms with Crippen LogP contribution in [0.2, 0.25) is 0 Å². The first kappa shape index (κ1) is 22.2. The summed E-state index contributed by atoms with van der Waals surface area (Å²) in [5.41, 5.74) is 3.94. The van der Waals surface area contributed by atoms with E-state index in [2.05, 4.69) is 16.0 Å². The number of benzene rings is 1. The highest BCUT2D eigenvalue weighted by Gasteiger charge is 2.36. The zero-order chi connectivity index (χ0) is 19.7. The number of pyridine rings is 1. The van der Waals surface area contributed by atoms with Gasteiger partial charge in [0.2, 0.25) is 0 Å². The Morgan fingerprint density at radius 2 is 2.03 bits per heavy atom. The second kappa shape index (κ2) is 9.52. The van der Waals surface area contributed by atoms with E-state index in [1.54, 1.807) is 12.3 Å². The third-order valence-corrected chi connectivity index (χ3v) is 6.37. The molecular formula is C23H30ClFN2O2. The molecule has 2 aromatic rings. The standard InChI is InChI=1S/C23H29FN2O2.ClH/c1-15-12-18(24)8-9-20(15)23(26-11-3-5-19(27)14-26)17-7-6-16-4-2-10-25-22(16)21(28)13-17;/h2,4,8-10,12,17,19,21,23,27-28H,3,5-7,11,13-14H2,1H3;1H/t17-,19?,21+,23?;/m1./s1. The largest absolute Gasteiger partial charge is 0.392 e. The summed E-state index contributed by atoms with van der Waals surface area (Å²) in [6, 6.07) is 9.04. The van der Waals surface area contributed by atoms with E-state index in [9.17, 15) is 14.6 Å². The number of rotatable bonds is 3. The van der Waals surface area contributed by atoms with Gasteiger partial charge in [-0.3, -0.25) is 9.88 Å². The Morgan fingerprint density at radius 3 is 2.79 bits per heavy atom. The van der Waals surface area contributed by atoms with Crippen molar-refractivity contribution in [1.82, 2.24) is 9.88 Å². The molecule has 1 aromatic carbocycles. The Labute approximate surface area is 178 Å². The van der Waals surface area contributed by atoms with Crippen molar-refractivity contribution < 1.29 is 14.6 Å². The Kier molecular flexibility index (Phi) is 7.28. The molecule has 1 fully saturated rings. The molecule has 6 heteroatoms. The molecule has 0 radical (unpaired) electrons. The number of hydrogen-bond acceptors (Lipinski definition) is 4. The molecule has 0 amide bonds. The van der Waals surface area contributed by atoms with E-state index in [1.807, 2.05) is 19.1 Å². The van der Waals surface area contributed by atoms with Gasteiger partial charge >= 0.3 is 0 Å². The number of likely N-dealkylation sites (tertiary alicyclic amines) is 1. The molecular weight excluding hydrogens is 391 g/mol. The van der Waals surface area contributed by atoms with Crippen molar-refractivity contribution in [3.8, 4) is 0 Å². The first-order chi connectivity index (χ1) is 13.5. The van der Waals surface area contributed by atoms with Gasteiger partial charge in [0.05, 0.1) is 17.9 Å². The summed E-state index contributed by atoms with van der Waals surface area (Å²) in [7, 11) is 0. The lowest BCUT2D eigenvalue weighted by Gasteiger charge is -2.41. The number of nitrogens with zero attached hydrogens (tertiary/aromatic N) is 2. The normalized spacial score (nSPS) is 26.1. The molecule has 1 aliphatic heterocycles. The molecule has 29 heavy (non-hydrogen) atoms. The minimum absolute atomic E-state index is 0. The van der Waals surface area contributed by atoms with Crippen molar-refractivity contribution in [2.75, 3.05) is 13.1 Å². The number of piperidine rings is 1. The highest BCUT2D eigenvalue weighted by molar-refractivity contribution is 5.85. The zero-order valence-corrected chi connectivity index (χ0v) is 17.6. The monoisotopic (exact) mass is 420 g/mol. The van der Waals surface area contributed by atoms with Crippen LogP contribution in [0.3, 0.4) is 0 Å². The van der Waals surface area contributed by atoms with Crippen molar-refractivity contribution in [2.24, 2.45) is 5.92 Å². The lowest BCUT2D eigenvalue weighted by molar-refractivity contribution is 0.0161. The van der Waals surface area contributed by atoms with E-state index in [0.29, 0.717) is 13.0 Å². The summed E-state index contributed by atoms with van der Waals surface area (Å²) in [6.07, 6.45) is 5.03. The SMILES string of the molecule is Cc1cc(F)ccc1C([C@@H]1CCc2cccnc2[C@@H](O)C1)N1CCCC(O)C1.Cl. The highest BCUT2D eigenvalue weighted by Crippen LogP contribution is 2.42. The number of hydrogen-bond donors (Lipinski definition) is 2. The van der Waals surface area contributed by atoms with Gasteiger partial charge in [-0.15, -0.1) is 12.4 Å². The van der Waals surface area contributed by atoms with Gasteiger partial charge in [0.25, 0.3) is 0 Å². The number of aryl methyl sites for hydroxylation is 2. The number of β-amino-alcohol motifs (C(OH)–C–C–N with tert-alkyl or cyclic N) is 1. The molecule has 1 aromatic heterocycles. The lowest BCUT2D eigenvalue weighted by atomic mass is 9.82. The summed E-state index contributed by atoms with van der Waals surface area (Å²) in [5, 5.41) is 21.2. The molecule has 4 rings (SSSR count). The molecule has 4 atom stereocenters. The maximum atomic E-state index is 13.8. The highest BCUT2D eigenvalue weighted by atomic mass is 35.5. The van der Waals surface area contributed by atoms with Crippen LogP contribution in [0.15, 0.2) is 36.5 Å². The van der Waals surface area contributed by atoms with E-state index in [4.69, 9.17) is 0 Å². The van der Waals surface area contributed by atoms with E-state index >= 15 is 0 Å². The molecule has 0 bridgehead atoms. The maximum absolute atomic E-state index is 13.8. The number of aliphatic hydroxyl groups is 2. The predicted octanol–water partition coefficient (Wildman–Crippen LogP) is 4.13. The van der Waals surface area contributed by atoms with Gasteiger partial charge in [-0.2, -0.15) is 0 Å². The molecule has 0 saturated carbocycles. The van der Waals surface area contributed by atoms with Crippen LogP contribution in [0.1, 0.15) is 60.2 Å². The van der Waals surface area contributed by atoms with E-state index in [1.165, 1.54) is 6.07 Å². The van der Waals surface area contributed by atoms with Crippen LogP contribution in [0.4, 0.5) is 4.39 Å². The van der Waals surface area contributed by atoms with Gasteiger partial charge in [-0.25, -0.2) is 4.39 Å². The molecule has 2 unspecified atom stereocenters. The fraction of sp³-hybridized carbons (Fsp3) is 0.522. The summed E-state index contributed by atoms with van der Waals surface area (Å²) in [6.45, 7) is 3.49. The quantitative estimate of drug-likeness (QED) is 0.733. The molecule has 4 nitrogen and oxygen atoms in total. The fourth-order valence-corrected chi connectivity index (χ4v) is 5.06. The van der Waals surface area contributed by atoms with E-state index in [0.717, 1.165) is 54.6 Å². The van der Waals surface area contributed by atoms with Crippen molar-refractivity contribution in [1.29, 1.82) is 0 Å². The number of aliphatic hydroxyl groups excluding tert-OH is 2. The van der Waals surface area contributed by atoms with Crippen molar-refractivity contribution in [3.05, 3.63) is 64.7 Å². The minimum Gasteiger partial charge on any atom is -0.392 e. The summed E-state index contributed by atoms with van der Waals surface area (Å²) < 4.78 is 13.8. The second-order valence-electron chi connectivity index (χ2n) is 8.33. The molecule has 1 saturated heterocycles. The topological polar surface area (TPSA) is 56.6 Å². The summed E-state index contributed by atoms with van der Waals surface area (Å²) in [5.74, 6) is -0.0187. The average Bonchev–Trinajstić information content (AvgIpc) is 2.83. The van der Waals surface area contributed by atoms with Crippen LogP contribution in [0.5, 0.6) is 0 Å². The van der Waals surface area contributed by atoms with Crippen LogP contribution in [0, 0.1) is 18.7 Å². The smallest absolute Gasteiger partial charge is 0.123 e. The molecule has 1 aliphatic carbocycles. The Balaban J connectivity index is 0.00000240. The Hall–Kier alpha value is -1.53. The second-order valence-corrected chi connectivity index (χ2v) is 8.33. The maximum Gasteiger partial charge on any atom is 0.123 e. The number of aromatic nitrogens is 1. The lowest BCUT2D eigenvalue weighted by Crippen LogP contribution is -2.43. The molecule has 2 heterocycles. The minimum atomic E-state index is -0.596. The van der Waals surface area contributed by atoms with Crippen LogP contribution >= 0.6 is 12.4 Å². The van der Waals surface area contributed by atoms with Crippen LogP contribution in [0.25, 0.3) is 0 Å². The molecule has 158 valence electrons. The van der Waals surface area contributed by atoms with Crippen LogP contribution < -0.4 is 0 Å². The van der Waals surface area contributed by atoms with E-state index in [-0.39, 0.29) is 36.3 Å². The molecule has 2 N–H and O–H groups in total. The molecule has 0 spiro atoms. The average molecular weight is 421 g/mol. The Morgan fingerprint density at radius 1 is 1.21 bits per heavy atom. The molecule has 2 aliphatic rings. The van der Waals surface area contributed by atoms with Crippen molar-refractivity contribution in [2.45, 2.75) is 57.3 Å². The van der Waals surface area contributed by atoms with Gasteiger partial charge < -0.3 is 10.2 Å². The van der Waals surface area contributed by atoms with Crippen molar-refractivity contribution in [3.63, 3.8) is 0 Å². The van der Waals surface area contributed by atoms with Gasteiger partial charge in [0.15, 0.2) is 0 Å². The third kappa shape index (κ3) is 4.80. The van der Waals surface area contributed by atoms with Crippen molar-refractivity contribution >= 4 is 12.4 Å². The number of halogens is 2. The van der Waals surface area contributed by atoms with E-state index < -0.39 is 6.10 Å². The van der Waals surface area contributed by atoms with Gasteiger partial charge in [0.1, 0.15) is 5.82 Å². The third-order valence-electron chi connectivity index (χ3n) is 6.37. The first-order valence-electron chi connectivity index (χ1n) is 10.3. The Bertz CT molecular complexity index is 834.